The molecule has 0 spiro atoms. The quantitative estimate of drug-likeness (QED) is 0.564. The zero-order valence-electron chi connectivity index (χ0n) is 16.0. The van der Waals surface area contributed by atoms with Crippen molar-refractivity contribution in [2.24, 2.45) is 7.05 Å². The van der Waals surface area contributed by atoms with E-state index in [0.29, 0.717) is 28.8 Å². The van der Waals surface area contributed by atoms with Gasteiger partial charge < -0.3 is 20.5 Å². The molecule has 28 heavy (non-hydrogen) atoms. The standard InChI is InChI=1S/C18H21N7O3/c1-10(2)21-18-19-8-12(17(26)27)16(23-18)22-13-7-5-6-11(14(13)28-4)15-20-9-25(3)24-15/h5-10H,1-4H3,(H,26,27)(H2,19,21,22,23). The monoisotopic (exact) mass is 383 g/mol. The average molecular weight is 383 g/mol. The van der Waals surface area contributed by atoms with Crippen molar-refractivity contribution in [3.8, 4) is 17.1 Å². The molecule has 0 bridgehead atoms. The molecule has 1 aromatic carbocycles. The predicted molar refractivity (Wildman–Crippen MR) is 104 cm³/mol. The molecule has 3 aromatic rings. The molecule has 3 N–H and O–H groups in total. The Balaban J connectivity index is 2.04. The number of aromatic carboxylic acids is 1. The van der Waals surface area contributed by atoms with E-state index in [4.69, 9.17) is 4.74 Å². The van der Waals surface area contributed by atoms with Crippen LogP contribution < -0.4 is 15.4 Å². The second-order valence-corrected chi connectivity index (χ2v) is 6.31. The summed E-state index contributed by atoms with van der Waals surface area (Å²) >= 11 is 0. The summed E-state index contributed by atoms with van der Waals surface area (Å²) in [6.07, 6.45) is 2.85. The lowest BCUT2D eigenvalue weighted by atomic mass is 10.1. The normalized spacial score (nSPS) is 10.8. The number of rotatable bonds is 7. The number of para-hydroxylation sites is 1. The zero-order chi connectivity index (χ0) is 20.3. The summed E-state index contributed by atoms with van der Waals surface area (Å²) in [6.45, 7) is 3.88. The number of aryl methyl sites for hydroxylation is 1. The van der Waals surface area contributed by atoms with Gasteiger partial charge in [0.1, 0.15) is 11.9 Å². The minimum absolute atomic E-state index is 0.0577. The van der Waals surface area contributed by atoms with E-state index in [1.165, 1.54) is 13.3 Å². The molecule has 0 fully saturated rings. The number of hydrogen-bond donors (Lipinski definition) is 3. The molecule has 10 heteroatoms. The number of benzene rings is 1. The van der Waals surface area contributed by atoms with Gasteiger partial charge >= 0.3 is 5.97 Å². The van der Waals surface area contributed by atoms with Crippen LogP contribution in [0.1, 0.15) is 24.2 Å². The van der Waals surface area contributed by atoms with Crippen LogP contribution in [0.2, 0.25) is 0 Å². The number of nitrogens with one attached hydrogen (secondary N) is 2. The molecule has 0 unspecified atom stereocenters. The van der Waals surface area contributed by atoms with E-state index in [2.05, 4.69) is 30.7 Å². The Morgan fingerprint density at radius 3 is 2.68 bits per heavy atom. The van der Waals surface area contributed by atoms with Gasteiger partial charge in [-0.3, -0.25) is 4.68 Å². The minimum Gasteiger partial charge on any atom is -0.494 e. The maximum Gasteiger partial charge on any atom is 0.341 e. The first kappa shape index (κ1) is 19.1. The third-order valence-electron chi connectivity index (χ3n) is 3.75. The van der Waals surface area contributed by atoms with Crippen LogP contribution in [0, 0.1) is 0 Å². The summed E-state index contributed by atoms with van der Waals surface area (Å²) in [5.74, 6) is 0.299. The summed E-state index contributed by atoms with van der Waals surface area (Å²) in [6, 6.07) is 5.47. The molecule has 10 nitrogen and oxygen atoms in total. The highest BCUT2D eigenvalue weighted by atomic mass is 16.5. The van der Waals surface area contributed by atoms with Crippen molar-refractivity contribution in [2.75, 3.05) is 17.7 Å². The lowest BCUT2D eigenvalue weighted by molar-refractivity contribution is 0.0697. The van der Waals surface area contributed by atoms with Crippen LogP contribution in [-0.2, 0) is 7.05 Å². The van der Waals surface area contributed by atoms with Crippen LogP contribution >= 0.6 is 0 Å². The number of methoxy groups -OCH3 is 1. The van der Waals surface area contributed by atoms with Crippen molar-refractivity contribution in [2.45, 2.75) is 19.9 Å². The van der Waals surface area contributed by atoms with Gasteiger partial charge in [-0.1, -0.05) is 6.07 Å². The fraction of sp³-hybridized carbons (Fsp3) is 0.278. The Morgan fingerprint density at radius 1 is 1.29 bits per heavy atom. The number of anilines is 3. The number of carbonyl (C=O) groups is 1. The van der Waals surface area contributed by atoms with Crippen molar-refractivity contribution < 1.29 is 14.6 Å². The Morgan fingerprint density at radius 2 is 2.07 bits per heavy atom. The van der Waals surface area contributed by atoms with Gasteiger partial charge in [-0.15, -0.1) is 0 Å². The molecule has 0 atom stereocenters. The first-order valence-corrected chi connectivity index (χ1v) is 8.56. The first-order chi connectivity index (χ1) is 13.4. The smallest absolute Gasteiger partial charge is 0.341 e. The third kappa shape index (κ3) is 4.00. The molecule has 3 rings (SSSR count). The third-order valence-corrected chi connectivity index (χ3v) is 3.75. The van der Waals surface area contributed by atoms with Crippen LogP contribution in [0.4, 0.5) is 17.5 Å². The molecule has 0 aliphatic carbocycles. The number of nitrogens with zero attached hydrogens (tertiary/aromatic N) is 5. The minimum atomic E-state index is -1.14. The maximum absolute atomic E-state index is 11.6. The zero-order valence-corrected chi connectivity index (χ0v) is 16.0. The summed E-state index contributed by atoms with van der Waals surface area (Å²) in [4.78, 5) is 24.2. The molecular formula is C18H21N7O3. The maximum atomic E-state index is 11.6. The van der Waals surface area contributed by atoms with E-state index < -0.39 is 5.97 Å². The SMILES string of the molecule is COc1c(Nc2nc(NC(C)C)ncc2C(=O)O)cccc1-c1ncn(C)n1. The molecular weight excluding hydrogens is 362 g/mol. The second kappa shape index (κ2) is 7.91. The van der Waals surface area contributed by atoms with Gasteiger partial charge in [-0.05, 0) is 26.0 Å². The summed E-state index contributed by atoms with van der Waals surface area (Å²) in [7, 11) is 3.30. The molecule has 0 radical (unpaired) electrons. The summed E-state index contributed by atoms with van der Waals surface area (Å²) in [5, 5.41) is 19.9. The van der Waals surface area contributed by atoms with E-state index in [1.54, 1.807) is 30.2 Å². The van der Waals surface area contributed by atoms with E-state index in [1.807, 2.05) is 19.9 Å². The molecule has 2 heterocycles. The summed E-state index contributed by atoms with van der Waals surface area (Å²) in [5.41, 5.74) is 1.14. The Labute approximate surface area is 161 Å². The van der Waals surface area contributed by atoms with Crippen LogP contribution in [0.25, 0.3) is 11.4 Å². The van der Waals surface area contributed by atoms with Crippen LogP contribution in [-0.4, -0.2) is 49.0 Å². The number of carboxylic acid groups (broad SMARTS) is 1. The Hall–Kier alpha value is -3.69. The Kier molecular flexibility index (Phi) is 5.39. The molecule has 0 saturated heterocycles. The predicted octanol–water partition coefficient (Wildman–Crippen LogP) is 2.54. The van der Waals surface area contributed by atoms with Crippen LogP contribution in [0.3, 0.4) is 0 Å². The summed E-state index contributed by atoms with van der Waals surface area (Å²) < 4.78 is 7.14. The lowest BCUT2D eigenvalue weighted by Crippen LogP contribution is -2.15. The van der Waals surface area contributed by atoms with Gasteiger partial charge in [0.15, 0.2) is 17.4 Å². The van der Waals surface area contributed by atoms with E-state index in [-0.39, 0.29) is 17.4 Å². The van der Waals surface area contributed by atoms with Gasteiger partial charge in [0.2, 0.25) is 5.95 Å². The number of ether oxygens (including phenoxy) is 1. The van der Waals surface area contributed by atoms with Gasteiger partial charge in [0.05, 0.1) is 18.4 Å². The topological polar surface area (TPSA) is 127 Å². The van der Waals surface area contributed by atoms with Crippen molar-refractivity contribution in [1.29, 1.82) is 0 Å². The van der Waals surface area contributed by atoms with Gasteiger partial charge in [-0.2, -0.15) is 10.1 Å². The van der Waals surface area contributed by atoms with E-state index in [9.17, 15) is 9.90 Å². The van der Waals surface area contributed by atoms with Gasteiger partial charge in [0.25, 0.3) is 0 Å². The molecule has 146 valence electrons. The molecule has 0 saturated carbocycles. The van der Waals surface area contributed by atoms with E-state index >= 15 is 0 Å². The molecule has 0 aliphatic rings. The van der Waals surface area contributed by atoms with Crippen molar-refractivity contribution in [3.05, 3.63) is 36.3 Å². The molecule has 0 aliphatic heterocycles. The lowest BCUT2D eigenvalue weighted by Gasteiger charge is -2.16. The van der Waals surface area contributed by atoms with E-state index in [0.717, 1.165) is 0 Å². The van der Waals surface area contributed by atoms with Crippen molar-refractivity contribution in [3.63, 3.8) is 0 Å². The van der Waals surface area contributed by atoms with Crippen molar-refractivity contribution in [1.82, 2.24) is 24.7 Å². The first-order valence-electron chi connectivity index (χ1n) is 8.56. The fourth-order valence-electron chi connectivity index (χ4n) is 2.58. The highest BCUT2D eigenvalue weighted by Crippen LogP contribution is 2.36. The number of hydrogen-bond acceptors (Lipinski definition) is 8. The van der Waals surface area contributed by atoms with Crippen LogP contribution in [0.15, 0.2) is 30.7 Å². The Bertz CT molecular complexity index is 1000. The van der Waals surface area contributed by atoms with Crippen molar-refractivity contribution >= 4 is 23.4 Å². The van der Waals surface area contributed by atoms with Crippen LogP contribution in [0.5, 0.6) is 5.75 Å². The fourth-order valence-corrected chi connectivity index (χ4v) is 2.58. The number of aromatic nitrogens is 5. The number of carboxylic acids is 1. The second-order valence-electron chi connectivity index (χ2n) is 6.31. The average Bonchev–Trinajstić information content (AvgIpc) is 3.07. The molecule has 2 aromatic heterocycles. The van der Waals surface area contributed by atoms with Gasteiger partial charge in [-0.25, -0.2) is 14.8 Å². The largest absolute Gasteiger partial charge is 0.494 e. The molecule has 0 amide bonds. The highest BCUT2D eigenvalue weighted by molar-refractivity contribution is 5.94. The van der Waals surface area contributed by atoms with Gasteiger partial charge in [0, 0.05) is 19.3 Å². The highest BCUT2D eigenvalue weighted by Gasteiger charge is 2.19.